The van der Waals surface area contributed by atoms with E-state index in [1.165, 1.54) is 10.0 Å². The summed E-state index contributed by atoms with van der Waals surface area (Å²) in [6.45, 7) is 3.76. The molecule has 22 heavy (non-hydrogen) atoms. The van der Waals surface area contributed by atoms with Crippen LogP contribution in [0.3, 0.4) is 0 Å². The molecule has 0 atom stereocenters. The van der Waals surface area contributed by atoms with E-state index in [0.29, 0.717) is 11.1 Å². The zero-order chi connectivity index (χ0) is 16.3. The third-order valence-corrected chi connectivity index (χ3v) is 3.79. The van der Waals surface area contributed by atoms with Crippen LogP contribution < -0.4 is 0 Å². The van der Waals surface area contributed by atoms with Crippen LogP contribution in [0.2, 0.25) is 0 Å². The van der Waals surface area contributed by atoms with Gasteiger partial charge in [-0.15, -0.1) is 0 Å². The van der Waals surface area contributed by atoms with E-state index in [-0.39, 0.29) is 11.8 Å². The van der Waals surface area contributed by atoms with Crippen molar-refractivity contribution >= 4 is 11.8 Å². The quantitative estimate of drug-likeness (QED) is 0.799. The highest BCUT2D eigenvalue weighted by atomic mass is 16.2. The lowest BCUT2D eigenvalue weighted by Gasteiger charge is -2.29. The van der Waals surface area contributed by atoms with Crippen molar-refractivity contribution in [2.45, 2.75) is 13.8 Å². The van der Waals surface area contributed by atoms with Crippen LogP contribution in [0.4, 0.5) is 0 Å². The molecule has 2 rings (SSSR count). The molecule has 0 unspecified atom stereocenters. The Balaban J connectivity index is 2.24. The number of nitrogens with zero attached hydrogens (tertiary/aromatic N) is 2. The molecule has 114 valence electrons. The molecule has 2 aromatic rings. The molecule has 0 aliphatic rings. The second-order valence-electron chi connectivity index (χ2n) is 5.29. The van der Waals surface area contributed by atoms with Gasteiger partial charge in [-0.3, -0.25) is 19.6 Å². The van der Waals surface area contributed by atoms with Crippen LogP contribution >= 0.6 is 0 Å². The van der Waals surface area contributed by atoms with E-state index in [4.69, 9.17) is 0 Å². The smallest absolute Gasteiger partial charge is 0.267 e. The summed E-state index contributed by atoms with van der Waals surface area (Å²) in [5.74, 6) is -0.412. The molecule has 4 nitrogen and oxygen atoms in total. The van der Waals surface area contributed by atoms with E-state index in [1.54, 1.807) is 26.2 Å². The van der Waals surface area contributed by atoms with E-state index >= 15 is 0 Å². The van der Waals surface area contributed by atoms with Gasteiger partial charge in [0.15, 0.2) is 0 Å². The van der Waals surface area contributed by atoms with Crippen LogP contribution in [0.15, 0.2) is 48.5 Å². The molecule has 0 fully saturated rings. The molecule has 0 spiro atoms. The van der Waals surface area contributed by atoms with Crippen molar-refractivity contribution in [2.24, 2.45) is 0 Å². The number of carbonyl (C=O) groups is 2. The Kier molecular flexibility index (Phi) is 4.61. The Labute approximate surface area is 130 Å². The fourth-order valence-electron chi connectivity index (χ4n) is 2.25. The van der Waals surface area contributed by atoms with Crippen LogP contribution in [-0.2, 0) is 0 Å². The number of amides is 2. The molecule has 2 aromatic carbocycles. The Morgan fingerprint density at radius 2 is 1.00 bits per heavy atom. The zero-order valence-electron chi connectivity index (χ0n) is 13.3. The van der Waals surface area contributed by atoms with Gasteiger partial charge in [0, 0.05) is 25.2 Å². The number of hydrogen-bond acceptors (Lipinski definition) is 2. The summed E-state index contributed by atoms with van der Waals surface area (Å²) >= 11 is 0. The minimum atomic E-state index is -0.206. The van der Waals surface area contributed by atoms with Gasteiger partial charge in [0.2, 0.25) is 0 Å². The lowest BCUT2D eigenvalue weighted by Crippen LogP contribution is -2.45. The van der Waals surface area contributed by atoms with Gasteiger partial charge in [0.1, 0.15) is 0 Å². The molecule has 0 saturated carbocycles. The van der Waals surface area contributed by atoms with Crippen molar-refractivity contribution in [3.8, 4) is 0 Å². The highest BCUT2D eigenvalue weighted by Crippen LogP contribution is 2.14. The maximum atomic E-state index is 12.6. The van der Waals surface area contributed by atoms with Crippen LogP contribution in [0.25, 0.3) is 0 Å². The molecular weight excluding hydrogens is 276 g/mol. The van der Waals surface area contributed by atoms with E-state index < -0.39 is 0 Å². The molecule has 0 radical (unpaired) electrons. The summed E-state index contributed by atoms with van der Waals surface area (Å²) in [7, 11) is 3.20. The van der Waals surface area contributed by atoms with Gasteiger partial charge in [-0.2, -0.15) is 0 Å². The second kappa shape index (κ2) is 6.43. The molecule has 0 aliphatic heterocycles. The minimum Gasteiger partial charge on any atom is -0.267 e. The topological polar surface area (TPSA) is 40.6 Å². The molecule has 2 amide bonds. The molecule has 0 aromatic heterocycles. The number of hydrazine groups is 1. The van der Waals surface area contributed by atoms with E-state index in [9.17, 15) is 9.59 Å². The number of benzene rings is 2. The standard InChI is InChI=1S/C18H20N2O2/c1-13-9-5-7-11-15(13)17(21)19(3)20(4)18(22)16-12-8-6-10-14(16)2/h5-12H,1-4H3. The van der Waals surface area contributed by atoms with Crippen LogP contribution in [0.1, 0.15) is 31.8 Å². The first-order valence-corrected chi connectivity index (χ1v) is 7.10. The highest BCUT2D eigenvalue weighted by Gasteiger charge is 2.23. The second-order valence-corrected chi connectivity index (χ2v) is 5.29. The molecular formula is C18H20N2O2. The van der Waals surface area contributed by atoms with Crippen molar-refractivity contribution in [1.29, 1.82) is 0 Å². The van der Waals surface area contributed by atoms with Crippen molar-refractivity contribution in [3.05, 3.63) is 70.8 Å². The predicted molar refractivity (Wildman–Crippen MR) is 86.5 cm³/mol. The summed E-state index contributed by atoms with van der Waals surface area (Å²) in [4.78, 5) is 25.1. The first kappa shape index (κ1) is 15.8. The van der Waals surface area contributed by atoms with E-state index in [2.05, 4.69) is 0 Å². The van der Waals surface area contributed by atoms with Crippen LogP contribution in [-0.4, -0.2) is 35.9 Å². The van der Waals surface area contributed by atoms with Crippen LogP contribution in [0.5, 0.6) is 0 Å². The van der Waals surface area contributed by atoms with Crippen molar-refractivity contribution < 1.29 is 9.59 Å². The fourth-order valence-corrected chi connectivity index (χ4v) is 2.25. The molecule has 0 aliphatic carbocycles. The van der Waals surface area contributed by atoms with Crippen LogP contribution in [0, 0.1) is 13.8 Å². The normalized spacial score (nSPS) is 10.2. The van der Waals surface area contributed by atoms with Gasteiger partial charge < -0.3 is 0 Å². The van der Waals surface area contributed by atoms with Gasteiger partial charge in [-0.05, 0) is 37.1 Å². The first-order valence-electron chi connectivity index (χ1n) is 7.10. The lowest BCUT2D eigenvalue weighted by atomic mass is 10.1. The number of rotatable bonds is 2. The third kappa shape index (κ3) is 3.01. The fraction of sp³-hybridized carbons (Fsp3) is 0.222. The van der Waals surface area contributed by atoms with Gasteiger partial charge in [-0.25, -0.2) is 0 Å². The predicted octanol–water partition coefficient (Wildman–Crippen LogP) is 3.06. The molecule has 0 N–H and O–H groups in total. The Morgan fingerprint density at radius 1 is 0.682 bits per heavy atom. The summed E-state index contributed by atoms with van der Waals surface area (Å²) < 4.78 is 0. The zero-order valence-corrected chi connectivity index (χ0v) is 13.3. The SMILES string of the molecule is Cc1ccccc1C(=O)N(C)N(C)C(=O)c1ccccc1C. The molecule has 0 saturated heterocycles. The lowest BCUT2D eigenvalue weighted by molar-refractivity contribution is 0.0185. The summed E-state index contributed by atoms with van der Waals surface area (Å²) in [5.41, 5.74) is 2.95. The van der Waals surface area contributed by atoms with E-state index in [1.807, 2.05) is 50.2 Å². The maximum Gasteiger partial charge on any atom is 0.272 e. The Hall–Kier alpha value is -2.62. The number of aryl methyl sites for hydroxylation is 2. The monoisotopic (exact) mass is 296 g/mol. The third-order valence-electron chi connectivity index (χ3n) is 3.79. The van der Waals surface area contributed by atoms with Crippen molar-refractivity contribution in [3.63, 3.8) is 0 Å². The Morgan fingerprint density at radius 3 is 1.32 bits per heavy atom. The number of carbonyl (C=O) groups excluding carboxylic acids is 2. The highest BCUT2D eigenvalue weighted by molar-refractivity contribution is 6.00. The maximum absolute atomic E-state index is 12.6. The van der Waals surface area contributed by atoms with Gasteiger partial charge in [0.25, 0.3) is 11.8 Å². The van der Waals surface area contributed by atoms with Crippen molar-refractivity contribution in [1.82, 2.24) is 10.0 Å². The molecule has 0 heterocycles. The van der Waals surface area contributed by atoms with E-state index in [0.717, 1.165) is 11.1 Å². The van der Waals surface area contributed by atoms with Crippen molar-refractivity contribution in [2.75, 3.05) is 14.1 Å². The molecule has 0 bridgehead atoms. The number of hydrogen-bond donors (Lipinski definition) is 0. The average molecular weight is 296 g/mol. The Bertz CT molecular complexity index is 648. The van der Waals surface area contributed by atoms with Gasteiger partial charge in [0.05, 0.1) is 0 Å². The van der Waals surface area contributed by atoms with Gasteiger partial charge in [-0.1, -0.05) is 36.4 Å². The largest absolute Gasteiger partial charge is 0.272 e. The minimum absolute atomic E-state index is 0.206. The first-order chi connectivity index (χ1) is 10.4. The summed E-state index contributed by atoms with van der Waals surface area (Å²) in [5, 5.41) is 2.69. The average Bonchev–Trinajstić information content (AvgIpc) is 2.53. The molecule has 4 heteroatoms. The summed E-state index contributed by atoms with van der Waals surface area (Å²) in [6, 6.07) is 14.7. The van der Waals surface area contributed by atoms with Gasteiger partial charge >= 0.3 is 0 Å². The summed E-state index contributed by atoms with van der Waals surface area (Å²) in [6.07, 6.45) is 0.